The number of anilines is 1. The van der Waals surface area contributed by atoms with Crippen molar-refractivity contribution in [3.63, 3.8) is 0 Å². The van der Waals surface area contributed by atoms with Gasteiger partial charge in [0.2, 0.25) is 5.89 Å². The number of rotatable bonds is 3. The fraction of sp³-hybridized carbons (Fsp3) is 0.200. The maximum Gasteiger partial charge on any atom is 0.416 e. The molecule has 1 N–H and O–H groups in total. The number of carbonyl (C=O) groups is 1. The summed E-state index contributed by atoms with van der Waals surface area (Å²) in [5.41, 5.74) is 1.33. The van der Waals surface area contributed by atoms with E-state index in [1.54, 1.807) is 36.4 Å². The van der Waals surface area contributed by atoms with Crippen LogP contribution in [-0.2, 0) is 6.18 Å². The lowest BCUT2D eigenvalue weighted by Crippen LogP contribution is -2.34. The van der Waals surface area contributed by atoms with Gasteiger partial charge in [-0.05, 0) is 54.8 Å². The normalized spacial score (nSPS) is 16.2. The van der Waals surface area contributed by atoms with Gasteiger partial charge in [0, 0.05) is 17.8 Å². The molecule has 0 saturated carbocycles. The van der Waals surface area contributed by atoms with Crippen molar-refractivity contribution < 1.29 is 26.8 Å². The molecule has 0 bridgehead atoms. The van der Waals surface area contributed by atoms with E-state index in [9.17, 15) is 22.4 Å². The first-order valence-corrected chi connectivity index (χ1v) is 10.7. The van der Waals surface area contributed by atoms with Crippen LogP contribution in [0, 0.1) is 5.82 Å². The topological polar surface area (TPSA) is 58.4 Å². The van der Waals surface area contributed by atoms with Gasteiger partial charge < -0.3 is 14.6 Å². The summed E-state index contributed by atoms with van der Waals surface area (Å²) in [5, 5.41) is 2.54. The third-order valence-corrected chi connectivity index (χ3v) is 5.83. The van der Waals surface area contributed by atoms with Gasteiger partial charge in [0.25, 0.3) is 0 Å². The van der Waals surface area contributed by atoms with Gasteiger partial charge in [-0.15, -0.1) is 0 Å². The zero-order valence-electron chi connectivity index (χ0n) is 17.8. The van der Waals surface area contributed by atoms with E-state index in [4.69, 9.17) is 4.42 Å². The van der Waals surface area contributed by atoms with E-state index in [2.05, 4.69) is 10.3 Å². The summed E-state index contributed by atoms with van der Waals surface area (Å²) < 4.78 is 59.0. The Hall–Kier alpha value is -3.88. The summed E-state index contributed by atoms with van der Waals surface area (Å²) in [6, 6.07) is 15.1. The maximum absolute atomic E-state index is 14.2. The van der Waals surface area contributed by atoms with Crippen LogP contribution in [-0.4, -0.2) is 22.5 Å². The van der Waals surface area contributed by atoms with Gasteiger partial charge in [-0.2, -0.15) is 13.2 Å². The molecule has 1 saturated heterocycles. The van der Waals surface area contributed by atoms with Crippen LogP contribution in [0.3, 0.4) is 0 Å². The molecule has 1 aliphatic heterocycles. The Morgan fingerprint density at radius 2 is 1.88 bits per heavy atom. The largest absolute Gasteiger partial charge is 0.438 e. The summed E-state index contributed by atoms with van der Waals surface area (Å²) in [7, 11) is 0. The molecule has 4 aromatic rings. The first-order chi connectivity index (χ1) is 16.3. The Morgan fingerprint density at radius 3 is 2.68 bits per heavy atom. The van der Waals surface area contributed by atoms with Gasteiger partial charge in [-0.25, -0.2) is 14.2 Å². The van der Waals surface area contributed by atoms with Gasteiger partial charge in [0.1, 0.15) is 17.4 Å². The van der Waals surface area contributed by atoms with Gasteiger partial charge in [0.15, 0.2) is 5.58 Å². The molecule has 1 unspecified atom stereocenters. The zero-order chi connectivity index (χ0) is 23.9. The van der Waals surface area contributed by atoms with Crippen LogP contribution in [0.15, 0.2) is 71.1 Å². The quantitative estimate of drug-likeness (QED) is 0.328. The lowest BCUT2D eigenvalue weighted by Gasteiger charge is -2.23. The minimum absolute atomic E-state index is 0.0533. The number of likely N-dealkylation sites (tertiary alicyclic amines) is 1. The van der Waals surface area contributed by atoms with E-state index in [0.29, 0.717) is 47.5 Å². The van der Waals surface area contributed by atoms with Crippen molar-refractivity contribution in [2.24, 2.45) is 0 Å². The first-order valence-electron chi connectivity index (χ1n) is 10.7. The molecule has 9 heteroatoms. The average Bonchev–Trinajstić information content (AvgIpc) is 3.45. The third kappa shape index (κ3) is 4.21. The van der Waals surface area contributed by atoms with E-state index < -0.39 is 23.8 Å². The molecule has 0 radical (unpaired) electrons. The Labute approximate surface area is 192 Å². The molecule has 1 aromatic heterocycles. The number of aromatic nitrogens is 1. The van der Waals surface area contributed by atoms with Gasteiger partial charge in [-0.3, -0.25) is 0 Å². The van der Waals surface area contributed by atoms with Gasteiger partial charge >= 0.3 is 12.2 Å². The number of oxazole rings is 1. The SMILES string of the molecule is O=C(Nc1cccc(C(F)(F)F)c1)N1CCCC1c1nc2cc(-c3ccccc3F)ccc2o1. The molecule has 1 aliphatic rings. The minimum atomic E-state index is -4.50. The standard InChI is InChI=1S/C25H19F4N3O2/c26-19-8-2-1-7-18(19)15-10-11-22-20(13-15)31-23(34-22)21-9-4-12-32(21)24(33)30-17-6-3-5-16(14-17)25(27,28)29/h1-3,5-8,10-11,13-14,21H,4,9,12H2,(H,30,33). The highest BCUT2D eigenvalue weighted by Gasteiger charge is 2.34. The molecule has 34 heavy (non-hydrogen) atoms. The number of nitrogens with one attached hydrogen (secondary N) is 1. The molecule has 0 spiro atoms. The second kappa shape index (κ2) is 8.48. The monoisotopic (exact) mass is 469 g/mol. The van der Waals surface area contributed by atoms with Crippen molar-refractivity contribution in [2.45, 2.75) is 25.1 Å². The van der Waals surface area contributed by atoms with Crippen molar-refractivity contribution >= 4 is 22.8 Å². The molecule has 2 amide bonds. The van der Waals surface area contributed by atoms with Crippen molar-refractivity contribution in [1.29, 1.82) is 0 Å². The Morgan fingerprint density at radius 1 is 1.06 bits per heavy atom. The van der Waals surface area contributed by atoms with E-state index in [0.717, 1.165) is 12.1 Å². The molecule has 5 rings (SSSR count). The Kier molecular flexibility index (Phi) is 5.47. The summed E-state index contributed by atoms with van der Waals surface area (Å²) in [6.07, 6.45) is -3.21. The number of hydrogen-bond donors (Lipinski definition) is 1. The van der Waals surface area contributed by atoms with Crippen LogP contribution in [0.1, 0.15) is 30.3 Å². The molecule has 0 aliphatic carbocycles. The highest BCUT2D eigenvalue weighted by atomic mass is 19.4. The number of alkyl halides is 3. The molecular formula is C25H19F4N3O2. The predicted octanol–water partition coefficient (Wildman–Crippen LogP) is 7.02. The number of fused-ring (bicyclic) bond motifs is 1. The second-order valence-corrected chi connectivity index (χ2v) is 8.07. The average molecular weight is 469 g/mol. The van der Waals surface area contributed by atoms with E-state index >= 15 is 0 Å². The predicted molar refractivity (Wildman–Crippen MR) is 119 cm³/mol. The summed E-state index contributed by atoms with van der Waals surface area (Å²) in [5.74, 6) is -0.0174. The van der Waals surface area contributed by atoms with Crippen LogP contribution < -0.4 is 5.32 Å². The number of benzene rings is 3. The Bertz CT molecular complexity index is 1370. The van der Waals surface area contributed by atoms with Gasteiger partial charge in [-0.1, -0.05) is 30.3 Å². The number of halogens is 4. The number of hydrogen-bond acceptors (Lipinski definition) is 3. The minimum Gasteiger partial charge on any atom is -0.438 e. The van der Waals surface area contributed by atoms with Crippen molar-refractivity contribution in [3.05, 3.63) is 84.0 Å². The van der Waals surface area contributed by atoms with Crippen LogP contribution in [0.4, 0.5) is 28.0 Å². The Balaban J connectivity index is 1.38. The van der Waals surface area contributed by atoms with Crippen LogP contribution >= 0.6 is 0 Å². The van der Waals surface area contributed by atoms with Crippen molar-refractivity contribution in [1.82, 2.24) is 9.88 Å². The molecular weight excluding hydrogens is 450 g/mol. The molecule has 1 atom stereocenters. The summed E-state index contributed by atoms with van der Waals surface area (Å²) in [4.78, 5) is 18.9. The molecule has 5 nitrogen and oxygen atoms in total. The second-order valence-electron chi connectivity index (χ2n) is 8.07. The number of urea groups is 1. The fourth-order valence-electron chi connectivity index (χ4n) is 4.19. The maximum atomic E-state index is 14.2. The van der Waals surface area contributed by atoms with Crippen LogP contribution in [0.5, 0.6) is 0 Å². The number of amides is 2. The smallest absolute Gasteiger partial charge is 0.416 e. The number of nitrogens with zero attached hydrogens (tertiary/aromatic N) is 2. The highest BCUT2D eigenvalue weighted by Crippen LogP contribution is 2.35. The molecule has 2 heterocycles. The van der Waals surface area contributed by atoms with Crippen LogP contribution in [0.2, 0.25) is 0 Å². The third-order valence-electron chi connectivity index (χ3n) is 5.83. The molecule has 3 aromatic carbocycles. The lowest BCUT2D eigenvalue weighted by atomic mass is 10.0. The zero-order valence-corrected chi connectivity index (χ0v) is 17.8. The molecule has 1 fully saturated rings. The fourth-order valence-corrected chi connectivity index (χ4v) is 4.19. The van der Waals surface area contributed by atoms with Crippen LogP contribution in [0.25, 0.3) is 22.2 Å². The van der Waals surface area contributed by atoms with Crippen molar-refractivity contribution in [3.8, 4) is 11.1 Å². The van der Waals surface area contributed by atoms with E-state index in [-0.39, 0.29) is 11.5 Å². The summed E-state index contributed by atoms with van der Waals surface area (Å²) >= 11 is 0. The molecule has 174 valence electrons. The van der Waals surface area contributed by atoms with E-state index in [1.807, 2.05) is 0 Å². The van der Waals surface area contributed by atoms with Crippen molar-refractivity contribution in [2.75, 3.05) is 11.9 Å². The highest BCUT2D eigenvalue weighted by molar-refractivity contribution is 5.90. The van der Waals surface area contributed by atoms with E-state index in [1.165, 1.54) is 23.1 Å². The first kappa shape index (κ1) is 21.9. The lowest BCUT2D eigenvalue weighted by molar-refractivity contribution is -0.137. The van der Waals surface area contributed by atoms with Gasteiger partial charge in [0.05, 0.1) is 5.56 Å². The number of carbonyl (C=O) groups excluding carboxylic acids is 1. The summed E-state index contributed by atoms with van der Waals surface area (Å²) in [6.45, 7) is 0.411.